The van der Waals surface area contributed by atoms with Crippen LogP contribution in [0.4, 0.5) is 0 Å². The van der Waals surface area contributed by atoms with Crippen molar-refractivity contribution in [3.63, 3.8) is 0 Å². The normalized spacial score (nSPS) is 49.0. The van der Waals surface area contributed by atoms with Crippen LogP contribution >= 0.6 is 0 Å². The third-order valence-corrected chi connectivity index (χ3v) is 10.9. The largest absolute Gasteiger partial charge is 0.393 e. The summed E-state index contributed by atoms with van der Waals surface area (Å²) in [5.74, 6) is 6.18. The summed E-state index contributed by atoms with van der Waals surface area (Å²) < 4.78 is 0. The predicted molar refractivity (Wildman–Crippen MR) is 121 cm³/mol. The molecule has 0 aliphatic heterocycles. The van der Waals surface area contributed by atoms with Gasteiger partial charge in [0.05, 0.1) is 11.7 Å². The lowest BCUT2D eigenvalue weighted by molar-refractivity contribution is -0.109. The molecule has 4 saturated carbocycles. The highest BCUT2D eigenvalue weighted by atomic mass is 16.3. The molecule has 4 aliphatic carbocycles. The zero-order valence-electron chi connectivity index (χ0n) is 19.7. The van der Waals surface area contributed by atoms with Gasteiger partial charge in [-0.15, -0.1) is 0 Å². The van der Waals surface area contributed by atoms with Crippen molar-refractivity contribution < 1.29 is 10.2 Å². The molecule has 0 spiro atoms. The molecular weight excluding hydrogens is 356 g/mol. The molecule has 2 heteroatoms. The van der Waals surface area contributed by atoms with Gasteiger partial charge in [-0.25, -0.2) is 0 Å². The average molecular weight is 405 g/mol. The third kappa shape index (κ3) is 3.95. The lowest BCUT2D eigenvalue weighted by atomic mass is 9.48. The van der Waals surface area contributed by atoms with E-state index in [4.69, 9.17) is 0 Å². The van der Waals surface area contributed by atoms with Crippen molar-refractivity contribution in [1.82, 2.24) is 0 Å². The molecule has 1 unspecified atom stereocenters. The molecule has 10 atom stereocenters. The van der Waals surface area contributed by atoms with Crippen LogP contribution in [0.2, 0.25) is 0 Å². The number of aliphatic hydroxyl groups excluding tert-OH is 1. The van der Waals surface area contributed by atoms with Gasteiger partial charge >= 0.3 is 0 Å². The molecule has 0 aromatic rings. The lowest BCUT2D eigenvalue weighted by Gasteiger charge is -2.57. The predicted octanol–water partition coefficient (Wildman–Crippen LogP) is 6.58. The minimum atomic E-state index is -0.353. The Morgan fingerprint density at radius 2 is 1.66 bits per heavy atom. The SMILES string of the molecule is CCC(O)CC[C@@H](C)[C@H]1CC[C@H]2[C@@H]3CC[C@H]4C[C@](O)(CC)CC[C@@H]4[C@H]3CC[C@]12C. The Bertz CT molecular complexity index is 561. The minimum absolute atomic E-state index is 0.0958. The summed E-state index contributed by atoms with van der Waals surface area (Å²) in [4.78, 5) is 0. The molecule has 4 aliphatic rings. The Hall–Kier alpha value is -0.0800. The number of rotatable bonds is 6. The second-order valence-corrected chi connectivity index (χ2v) is 12.1. The lowest BCUT2D eigenvalue weighted by Crippen LogP contribution is -2.51. The van der Waals surface area contributed by atoms with E-state index in [-0.39, 0.29) is 11.7 Å². The summed E-state index contributed by atoms with van der Waals surface area (Å²) >= 11 is 0. The molecule has 0 aromatic carbocycles. The van der Waals surface area contributed by atoms with Crippen molar-refractivity contribution in [3.05, 3.63) is 0 Å². The van der Waals surface area contributed by atoms with Crippen molar-refractivity contribution in [2.75, 3.05) is 0 Å². The summed E-state index contributed by atoms with van der Waals surface area (Å²) in [5.41, 5.74) is 0.192. The van der Waals surface area contributed by atoms with Crippen molar-refractivity contribution in [1.29, 1.82) is 0 Å². The number of fused-ring (bicyclic) bond motifs is 5. The molecule has 4 rings (SSSR count). The smallest absolute Gasteiger partial charge is 0.0648 e. The highest BCUT2D eigenvalue weighted by molar-refractivity contribution is 5.07. The maximum absolute atomic E-state index is 10.9. The van der Waals surface area contributed by atoms with Crippen LogP contribution in [0.3, 0.4) is 0 Å². The van der Waals surface area contributed by atoms with E-state index in [0.717, 1.165) is 73.5 Å². The van der Waals surface area contributed by atoms with E-state index in [0.29, 0.717) is 5.41 Å². The Morgan fingerprint density at radius 3 is 2.38 bits per heavy atom. The van der Waals surface area contributed by atoms with Gasteiger partial charge in [-0.1, -0.05) is 27.7 Å². The van der Waals surface area contributed by atoms with Gasteiger partial charge in [-0.05, 0) is 130 Å². The van der Waals surface area contributed by atoms with Gasteiger partial charge in [0, 0.05) is 0 Å². The van der Waals surface area contributed by atoms with Crippen LogP contribution in [0.1, 0.15) is 111 Å². The quantitative estimate of drug-likeness (QED) is 0.524. The van der Waals surface area contributed by atoms with Gasteiger partial charge in [-0.3, -0.25) is 0 Å². The van der Waals surface area contributed by atoms with E-state index in [1.807, 2.05) is 0 Å². The van der Waals surface area contributed by atoms with Crippen molar-refractivity contribution in [3.8, 4) is 0 Å². The zero-order chi connectivity index (χ0) is 20.8. The first-order valence-electron chi connectivity index (χ1n) is 13.2. The minimum Gasteiger partial charge on any atom is -0.393 e. The van der Waals surface area contributed by atoms with Crippen LogP contribution in [0.25, 0.3) is 0 Å². The van der Waals surface area contributed by atoms with E-state index >= 15 is 0 Å². The first-order valence-corrected chi connectivity index (χ1v) is 13.2. The fourth-order valence-electron chi connectivity index (χ4n) is 9.12. The molecule has 0 aromatic heterocycles. The maximum Gasteiger partial charge on any atom is 0.0648 e. The number of hydrogen-bond donors (Lipinski definition) is 2. The zero-order valence-corrected chi connectivity index (χ0v) is 19.7. The van der Waals surface area contributed by atoms with Crippen molar-refractivity contribution >= 4 is 0 Å². The first kappa shape index (κ1) is 22.1. The van der Waals surface area contributed by atoms with Gasteiger partial charge in [0.25, 0.3) is 0 Å². The van der Waals surface area contributed by atoms with Crippen LogP contribution in [0.5, 0.6) is 0 Å². The van der Waals surface area contributed by atoms with E-state index in [1.165, 1.54) is 51.4 Å². The maximum atomic E-state index is 10.9. The molecule has 0 heterocycles. The van der Waals surface area contributed by atoms with E-state index in [9.17, 15) is 10.2 Å². The summed E-state index contributed by atoms with van der Waals surface area (Å²) in [7, 11) is 0. The van der Waals surface area contributed by atoms with Gasteiger partial charge in [0.2, 0.25) is 0 Å². The fraction of sp³-hybridized carbons (Fsp3) is 1.00. The highest BCUT2D eigenvalue weighted by Gasteiger charge is 2.58. The number of aliphatic hydroxyl groups is 2. The van der Waals surface area contributed by atoms with Gasteiger partial charge in [-0.2, -0.15) is 0 Å². The van der Waals surface area contributed by atoms with Gasteiger partial charge in [0.15, 0.2) is 0 Å². The Labute approximate surface area is 180 Å². The molecule has 2 nitrogen and oxygen atoms in total. The van der Waals surface area contributed by atoms with E-state index in [2.05, 4.69) is 27.7 Å². The van der Waals surface area contributed by atoms with Crippen LogP contribution in [0.15, 0.2) is 0 Å². The second kappa shape index (κ2) is 8.45. The van der Waals surface area contributed by atoms with Crippen LogP contribution in [0, 0.1) is 46.8 Å². The second-order valence-electron chi connectivity index (χ2n) is 12.1. The van der Waals surface area contributed by atoms with E-state index in [1.54, 1.807) is 0 Å². The van der Waals surface area contributed by atoms with E-state index < -0.39 is 0 Å². The fourth-order valence-corrected chi connectivity index (χ4v) is 9.12. The Morgan fingerprint density at radius 1 is 0.897 bits per heavy atom. The summed E-state index contributed by atoms with van der Waals surface area (Å²) in [6.45, 7) is 9.42. The molecule has 168 valence electrons. The summed E-state index contributed by atoms with van der Waals surface area (Å²) in [6.07, 6.45) is 15.9. The van der Waals surface area contributed by atoms with Crippen LogP contribution in [-0.4, -0.2) is 21.9 Å². The molecule has 0 radical (unpaired) electrons. The molecule has 0 amide bonds. The summed E-state index contributed by atoms with van der Waals surface area (Å²) in [6, 6.07) is 0. The first-order chi connectivity index (χ1) is 13.8. The standard InChI is InChI=1S/C27H48O2/c1-5-20(28)9-7-18(3)24-11-12-25-23-10-8-19-17-27(29,6-2)16-14-21(19)22(23)13-15-26(24,25)4/h18-25,28-29H,5-17H2,1-4H3/t18-,19+,20?,21+,22-,23-,24-,25+,26-,27+/m1/s1. The Kier molecular flexibility index (Phi) is 6.45. The topological polar surface area (TPSA) is 40.5 Å². The van der Waals surface area contributed by atoms with Crippen LogP contribution < -0.4 is 0 Å². The number of hydrogen-bond acceptors (Lipinski definition) is 2. The molecule has 4 fully saturated rings. The molecule has 0 saturated heterocycles. The van der Waals surface area contributed by atoms with Crippen molar-refractivity contribution in [2.45, 2.75) is 123 Å². The molecule has 0 bridgehead atoms. The van der Waals surface area contributed by atoms with Gasteiger partial charge < -0.3 is 10.2 Å². The van der Waals surface area contributed by atoms with Gasteiger partial charge in [0.1, 0.15) is 0 Å². The Balaban J connectivity index is 1.43. The summed E-state index contributed by atoms with van der Waals surface area (Å²) in [5, 5.41) is 20.9. The molecular formula is C27H48O2. The van der Waals surface area contributed by atoms with Crippen molar-refractivity contribution in [2.24, 2.45) is 46.8 Å². The van der Waals surface area contributed by atoms with Crippen LogP contribution in [-0.2, 0) is 0 Å². The highest BCUT2D eigenvalue weighted by Crippen LogP contribution is 2.66. The monoisotopic (exact) mass is 404 g/mol. The molecule has 2 N–H and O–H groups in total. The average Bonchev–Trinajstić information content (AvgIpc) is 3.08. The molecule has 29 heavy (non-hydrogen) atoms. The third-order valence-electron chi connectivity index (χ3n) is 10.9.